The summed E-state index contributed by atoms with van der Waals surface area (Å²) in [7, 11) is 0. The van der Waals surface area contributed by atoms with Crippen molar-refractivity contribution < 1.29 is 18.7 Å². The number of benzene rings is 1. The van der Waals surface area contributed by atoms with E-state index in [9.17, 15) is 5.11 Å². The van der Waals surface area contributed by atoms with Gasteiger partial charge >= 0.3 is 0 Å². The molecule has 0 spiro atoms. The van der Waals surface area contributed by atoms with E-state index in [2.05, 4.69) is 20.3 Å². The molecule has 1 N–H and O–H groups in total. The first kappa shape index (κ1) is 12.6. The van der Waals surface area contributed by atoms with Crippen molar-refractivity contribution in [2.24, 2.45) is 5.10 Å². The Labute approximate surface area is 125 Å². The predicted molar refractivity (Wildman–Crippen MR) is 73.2 cm³/mol. The summed E-state index contributed by atoms with van der Waals surface area (Å²) in [5.74, 6) is 0.395. The van der Waals surface area contributed by atoms with Crippen LogP contribution in [0.2, 0.25) is 0 Å². The fourth-order valence-corrected chi connectivity index (χ4v) is 2.44. The van der Waals surface area contributed by atoms with Crippen molar-refractivity contribution in [3.8, 4) is 11.6 Å². The van der Waals surface area contributed by atoms with Gasteiger partial charge in [0.25, 0.3) is 0 Å². The SMILES string of the molecule is [O-]c1c[n+](-c2ccc(C3=NNC(c4ccco4)C3)cc2)no1. The molecule has 7 nitrogen and oxygen atoms in total. The standard InChI is InChI=1S/C15H12N4O3/c20-15-9-19(18-22-15)11-5-3-10(4-6-11)12-8-13(17-16-12)14-2-1-7-21-14/h1-7,9,13H,8H2,(H-,17,18,20). The smallest absolute Gasteiger partial charge is 0.239 e. The van der Waals surface area contributed by atoms with Gasteiger partial charge in [-0.15, -0.1) is 0 Å². The molecule has 0 saturated carbocycles. The maximum atomic E-state index is 11.0. The molecule has 4 rings (SSSR count). The Morgan fingerprint density at radius 2 is 2.09 bits per heavy atom. The summed E-state index contributed by atoms with van der Waals surface area (Å²) >= 11 is 0. The molecule has 0 fully saturated rings. The molecule has 0 saturated heterocycles. The third kappa shape index (κ3) is 2.22. The molecule has 1 aliphatic heterocycles. The van der Waals surface area contributed by atoms with Crippen molar-refractivity contribution in [3.63, 3.8) is 0 Å². The van der Waals surface area contributed by atoms with E-state index in [0.717, 1.165) is 29.1 Å². The van der Waals surface area contributed by atoms with Crippen LogP contribution in [0.15, 0.2) is 62.9 Å². The molecule has 0 radical (unpaired) electrons. The van der Waals surface area contributed by atoms with Crippen molar-refractivity contribution in [2.75, 3.05) is 0 Å². The molecule has 110 valence electrons. The van der Waals surface area contributed by atoms with Crippen molar-refractivity contribution in [1.82, 2.24) is 10.7 Å². The van der Waals surface area contributed by atoms with E-state index in [4.69, 9.17) is 4.42 Å². The van der Waals surface area contributed by atoms with Crippen LogP contribution in [-0.4, -0.2) is 11.0 Å². The summed E-state index contributed by atoms with van der Waals surface area (Å²) in [6, 6.07) is 11.5. The van der Waals surface area contributed by atoms with Gasteiger partial charge in [0, 0.05) is 18.6 Å². The van der Waals surface area contributed by atoms with Gasteiger partial charge in [-0.05, 0) is 34.5 Å². The zero-order valence-electron chi connectivity index (χ0n) is 11.5. The first-order valence-electron chi connectivity index (χ1n) is 6.81. The molecule has 7 heteroatoms. The molecule has 1 aliphatic rings. The first-order valence-corrected chi connectivity index (χ1v) is 6.81. The van der Waals surface area contributed by atoms with Gasteiger partial charge in [-0.1, -0.05) is 0 Å². The maximum absolute atomic E-state index is 11.0. The summed E-state index contributed by atoms with van der Waals surface area (Å²) in [5, 5.41) is 19.0. The Morgan fingerprint density at radius 1 is 1.23 bits per heavy atom. The second-order valence-corrected chi connectivity index (χ2v) is 4.97. The van der Waals surface area contributed by atoms with Crippen LogP contribution in [0.5, 0.6) is 5.95 Å². The van der Waals surface area contributed by atoms with Gasteiger partial charge in [0.05, 0.1) is 17.2 Å². The number of furan rings is 1. The topological polar surface area (TPSA) is 90.5 Å². The van der Waals surface area contributed by atoms with Crippen LogP contribution >= 0.6 is 0 Å². The van der Waals surface area contributed by atoms with Gasteiger partial charge in [-0.3, -0.25) is 5.43 Å². The number of hydrogen-bond acceptors (Lipinski definition) is 6. The highest BCUT2D eigenvalue weighted by atomic mass is 16.6. The fraction of sp³-hybridized carbons (Fsp3) is 0.133. The number of hydrazone groups is 1. The Hall–Kier alpha value is -3.09. The highest BCUT2D eigenvalue weighted by Crippen LogP contribution is 2.24. The number of nitrogens with zero attached hydrogens (tertiary/aromatic N) is 3. The van der Waals surface area contributed by atoms with Crippen LogP contribution < -0.4 is 15.2 Å². The Bertz CT molecular complexity index is 806. The summed E-state index contributed by atoms with van der Waals surface area (Å²) in [4.78, 5) is 0. The van der Waals surface area contributed by atoms with Gasteiger partial charge < -0.3 is 14.0 Å². The number of nitrogens with one attached hydrogen (secondary N) is 1. The highest BCUT2D eigenvalue weighted by molar-refractivity contribution is 6.01. The average molecular weight is 296 g/mol. The van der Waals surface area contributed by atoms with Crippen LogP contribution in [-0.2, 0) is 0 Å². The minimum Gasteiger partial charge on any atom is -0.539 e. The first-order chi connectivity index (χ1) is 10.8. The quantitative estimate of drug-likeness (QED) is 0.730. The molecule has 0 bridgehead atoms. The fourth-order valence-electron chi connectivity index (χ4n) is 2.44. The number of hydrogen-bond donors (Lipinski definition) is 1. The summed E-state index contributed by atoms with van der Waals surface area (Å²) in [5.41, 5.74) is 5.80. The molecule has 1 unspecified atom stereocenters. The van der Waals surface area contributed by atoms with E-state index in [-0.39, 0.29) is 6.04 Å². The second kappa shape index (κ2) is 5.03. The lowest BCUT2D eigenvalue weighted by molar-refractivity contribution is -0.670. The molecule has 3 heterocycles. The third-order valence-corrected chi connectivity index (χ3v) is 3.55. The molecule has 1 atom stereocenters. The maximum Gasteiger partial charge on any atom is 0.239 e. The van der Waals surface area contributed by atoms with E-state index in [1.165, 1.54) is 10.9 Å². The predicted octanol–water partition coefficient (Wildman–Crippen LogP) is 1.06. The minimum absolute atomic E-state index is 0.0672. The largest absolute Gasteiger partial charge is 0.539 e. The number of aromatic nitrogens is 2. The Balaban J connectivity index is 1.52. The van der Waals surface area contributed by atoms with Gasteiger partial charge in [0.15, 0.2) is 0 Å². The summed E-state index contributed by atoms with van der Waals surface area (Å²) < 4.78 is 11.3. The molecular weight excluding hydrogens is 284 g/mol. The molecule has 1 aromatic carbocycles. The minimum atomic E-state index is -0.477. The van der Waals surface area contributed by atoms with Crippen molar-refractivity contribution >= 4 is 5.71 Å². The molecular formula is C15H12N4O3. The lowest BCUT2D eigenvalue weighted by Crippen LogP contribution is -2.31. The zero-order chi connectivity index (χ0) is 14.9. The average Bonchev–Trinajstić information content (AvgIpc) is 3.28. The van der Waals surface area contributed by atoms with E-state index in [1.54, 1.807) is 6.26 Å². The van der Waals surface area contributed by atoms with E-state index in [0.29, 0.717) is 0 Å². The van der Waals surface area contributed by atoms with Gasteiger partial charge in [0.1, 0.15) is 17.7 Å². The van der Waals surface area contributed by atoms with Crippen LogP contribution in [0.25, 0.3) is 5.69 Å². The van der Waals surface area contributed by atoms with E-state index >= 15 is 0 Å². The van der Waals surface area contributed by atoms with Gasteiger partial charge in [0.2, 0.25) is 11.9 Å². The normalized spacial score (nSPS) is 17.3. The molecule has 22 heavy (non-hydrogen) atoms. The van der Waals surface area contributed by atoms with Crippen molar-refractivity contribution in [1.29, 1.82) is 0 Å². The lowest BCUT2D eigenvalue weighted by Gasteiger charge is -2.05. The van der Waals surface area contributed by atoms with Crippen LogP contribution in [0, 0.1) is 0 Å². The van der Waals surface area contributed by atoms with E-state index in [1.807, 2.05) is 36.4 Å². The summed E-state index contributed by atoms with van der Waals surface area (Å²) in [6.07, 6.45) is 3.70. The summed E-state index contributed by atoms with van der Waals surface area (Å²) in [6.45, 7) is 0. The third-order valence-electron chi connectivity index (χ3n) is 3.55. The Morgan fingerprint density at radius 3 is 2.77 bits per heavy atom. The molecule has 2 aromatic heterocycles. The van der Waals surface area contributed by atoms with Crippen LogP contribution in [0.3, 0.4) is 0 Å². The van der Waals surface area contributed by atoms with Crippen LogP contribution in [0.1, 0.15) is 23.8 Å². The van der Waals surface area contributed by atoms with Gasteiger partial charge in [-0.2, -0.15) is 5.10 Å². The Kier molecular flexibility index (Phi) is 2.89. The highest BCUT2D eigenvalue weighted by Gasteiger charge is 2.23. The van der Waals surface area contributed by atoms with Crippen molar-refractivity contribution in [2.45, 2.75) is 12.5 Å². The van der Waals surface area contributed by atoms with E-state index < -0.39 is 5.95 Å². The second-order valence-electron chi connectivity index (χ2n) is 4.97. The lowest BCUT2D eigenvalue weighted by atomic mass is 10.0. The van der Waals surface area contributed by atoms with Gasteiger partial charge in [-0.25, -0.2) is 0 Å². The molecule has 3 aromatic rings. The molecule has 0 aliphatic carbocycles. The zero-order valence-corrected chi connectivity index (χ0v) is 11.5. The van der Waals surface area contributed by atoms with Crippen LogP contribution in [0.4, 0.5) is 0 Å². The number of rotatable bonds is 3. The van der Waals surface area contributed by atoms with Crippen molar-refractivity contribution in [3.05, 3.63) is 60.2 Å². The molecule has 0 amide bonds. The monoisotopic (exact) mass is 296 g/mol.